The summed E-state index contributed by atoms with van der Waals surface area (Å²) >= 11 is 3.95. The van der Waals surface area contributed by atoms with Crippen LogP contribution in [0.25, 0.3) is 20.7 Å². The predicted octanol–water partition coefficient (Wildman–Crippen LogP) is 8.10. The molecular weight excluding hydrogens is 407 g/mol. The van der Waals surface area contributed by atoms with Gasteiger partial charge in [-0.1, -0.05) is 65.2 Å². The summed E-state index contributed by atoms with van der Waals surface area (Å²) in [7, 11) is -1.68. The molecule has 0 saturated carbocycles. The zero-order valence-corrected chi connectivity index (χ0v) is 21.2. The Bertz CT molecular complexity index is 885. The maximum absolute atomic E-state index is 7.31. The highest BCUT2D eigenvalue weighted by Gasteiger charge is 2.46. The van der Waals surface area contributed by atoms with E-state index in [1.165, 1.54) is 73.2 Å². The van der Waals surface area contributed by atoms with E-state index in [9.17, 15) is 0 Å². The highest BCUT2D eigenvalue weighted by Crippen LogP contribution is 2.43. The Labute approximate surface area is 186 Å². The first-order chi connectivity index (χ1) is 14.1. The second-order valence-electron chi connectivity index (χ2n) is 8.59. The normalized spacial score (nSPS) is 14.7. The van der Waals surface area contributed by atoms with Gasteiger partial charge in [0, 0.05) is 19.5 Å². The highest BCUT2D eigenvalue weighted by atomic mass is 32.1. The first-order valence-corrected chi connectivity index (χ1v) is 15.4. The van der Waals surface area contributed by atoms with Crippen LogP contribution in [0.4, 0.5) is 0 Å². The second-order valence-corrected chi connectivity index (χ2v) is 15.2. The van der Waals surface area contributed by atoms with Crippen molar-refractivity contribution in [2.24, 2.45) is 0 Å². The van der Waals surface area contributed by atoms with Gasteiger partial charge in [0.05, 0.1) is 6.57 Å². The Morgan fingerprint density at radius 1 is 0.931 bits per heavy atom. The average Bonchev–Trinajstić information content (AvgIpc) is 3.35. The van der Waals surface area contributed by atoms with Crippen LogP contribution in [0.3, 0.4) is 0 Å². The minimum absolute atomic E-state index is 0.797. The van der Waals surface area contributed by atoms with Crippen LogP contribution in [0.5, 0.6) is 0 Å². The van der Waals surface area contributed by atoms with Crippen LogP contribution in [0.15, 0.2) is 17.8 Å². The molecule has 3 heterocycles. The van der Waals surface area contributed by atoms with Crippen molar-refractivity contribution in [2.75, 3.05) is 0 Å². The van der Waals surface area contributed by atoms with E-state index in [-0.39, 0.29) is 0 Å². The van der Waals surface area contributed by atoms with E-state index >= 15 is 0 Å². The summed E-state index contributed by atoms with van der Waals surface area (Å²) < 4.78 is 0. The molecule has 0 aliphatic carbocycles. The molecule has 0 unspecified atom stereocenters. The first-order valence-electron chi connectivity index (χ1n) is 11.4. The second kappa shape index (κ2) is 10.2. The lowest BCUT2D eigenvalue weighted by molar-refractivity contribution is 0.684. The van der Waals surface area contributed by atoms with Crippen LogP contribution in [0, 0.1) is 13.5 Å². The van der Waals surface area contributed by atoms with Gasteiger partial charge in [-0.05, 0) is 54.5 Å². The third-order valence-electron chi connectivity index (χ3n) is 6.29. The third-order valence-corrected chi connectivity index (χ3v) is 14.2. The van der Waals surface area contributed by atoms with Crippen molar-refractivity contribution in [1.82, 2.24) is 0 Å². The molecule has 0 atom stereocenters. The summed E-state index contributed by atoms with van der Waals surface area (Å²) in [5, 5.41) is 3.47. The number of aryl methyl sites for hydroxylation is 1. The van der Waals surface area contributed by atoms with E-state index < -0.39 is 8.07 Å². The smallest absolute Gasteiger partial charge is 0.163 e. The number of thiophene rings is 2. The van der Waals surface area contributed by atoms with E-state index in [1.54, 1.807) is 20.1 Å². The number of hydrogen-bond acceptors (Lipinski definition) is 2. The van der Waals surface area contributed by atoms with Gasteiger partial charge in [-0.15, -0.1) is 22.7 Å². The standard InChI is InChI=1S/C25H35NS2Si/c1-6-8-10-12-14-29(15-13-11-9-7-2)22-17-20(4)27-24(22)25-23(29)18-21(28-25)16-19(3)26-5/h16-18H,6-15H2,1-4H3/b19-16-. The lowest BCUT2D eigenvalue weighted by Crippen LogP contribution is -2.54. The van der Waals surface area contributed by atoms with E-state index in [0.29, 0.717) is 0 Å². The highest BCUT2D eigenvalue weighted by molar-refractivity contribution is 7.29. The van der Waals surface area contributed by atoms with Crippen LogP contribution in [0.1, 0.15) is 81.9 Å². The molecule has 0 amide bonds. The van der Waals surface area contributed by atoms with E-state index in [4.69, 9.17) is 6.57 Å². The predicted molar refractivity (Wildman–Crippen MR) is 136 cm³/mol. The summed E-state index contributed by atoms with van der Waals surface area (Å²) in [5.74, 6) is 0. The van der Waals surface area contributed by atoms with E-state index in [2.05, 4.69) is 43.8 Å². The molecule has 0 N–H and O–H groups in total. The van der Waals surface area contributed by atoms with Gasteiger partial charge in [0.25, 0.3) is 0 Å². The molecule has 3 rings (SSSR count). The van der Waals surface area contributed by atoms with Crippen LogP contribution in [0.2, 0.25) is 12.1 Å². The van der Waals surface area contributed by atoms with Crippen molar-refractivity contribution < 1.29 is 0 Å². The molecule has 1 nitrogen and oxygen atoms in total. The molecule has 0 fully saturated rings. The van der Waals surface area contributed by atoms with Crippen molar-refractivity contribution >= 4 is 47.2 Å². The maximum atomic E-state index is 7.31. The summed E-state index contributed by atoms with van der Waals surface area (Å²) in [4.78, 5) is 9.53. The molecule has 4 heteroatoms. The third kappa shape index (κ3) is 4.79. The van der Waals surface area contributed by atoms with E-state index in [1.807, 2.05) is 29.6 Å². The van der Waals surface area contributed by atoms with Crippen LogP contribution in [-0.2, 0) is 0 Å². The van der Waals surface area contributed by atoms with Gasteiger partial charge in [-0.2, -0.15) is 0 Å². The summed E-state index contributed by atoms with van der Waals surface area (Å²) in [6, 6.07) is 7.87. The van der Waals surface area contributed by atoms with Gasteiger partial charge in [0.2, 0.25) is 0 Å². The quantitative estimate of drug-likeness (QED) is 0.188. The molecule has 0 radical (unpaired) electrons. The Kier molecular flexibility index (Phi) is 7.96. The zero-order valence-electron chi connectivity index (χ0n) is 18.6. The summed E-state index contributed by atoms with van der Waals surface area (Å²) in [6.07, 6.45) is 13.0. The number of rotatable bonds is 11. The Balaban J connectivity index is 2.01. The molecule has 0 bridgehead atoms. The topological polar surface area (TPSA) is 4.36 Å². The molecular formula is C25H35NS2Si. The van der Waals surface area contributed by atoms with Gasteiger partial charge in [0.1, 0.15) is 8.07 Å². The van der Waals surface area contributed by atoms with Crippen molar-refractivity contribution in [1.29, 1.82) is 0 Å². The number of nitrogens with zero attached hydrogens (tertiary/aromatic N) is 1. The van der Waals surface area contributed by atoms with Crippen LogP contribution in [-0.4, -0.2) is 8.07 Å². The van der Waals surface area contributed by atoms with Gasteiger partial charge in [-0.3, -0.25) is 0 Å². The number of hydrogen-bond donors (Lipinski definition) is 0. The Hall–Kier alpha value is -1.15. The van der Waals surface area contributed by atoms with Crippen molar-refractivity contribution in [3.8, 4) is 9.75 Å². The molecule has 0 spiro atoms. The Morgan fingerprint density at radius 3 is 2.10 bits per heavy atom. The molecule has 156 valence electrons. The molecule has 29 heavy (non-hydrogen) atoms. The van der Waals surface area contributed by atoms with Crippen molar-refractivity contribution in [2.45, 2.75) is 91.1 Å². The summed E-state index contributed by atoms with van der Waals surface area (Å²) in [6.45, 7) is 16.1. The van der Waals surface area contributed by atoms with Crippen LogP contribution >= 0.6 is 22.7 Å². The minimum Gasteiger partial charge on any atom is -0.243 e. The lowest BCUT2D eigenvalue weighted by Gasteiger charge is -2.29. The first kappa shape index (κ1) is 22.5. The van der Waals surface area contributed by atoms with Gasteiger partial charge >= 0.3 is 0 Å². The largest absolute Gasteiger partial charge is 0.243 e. The zero-order chi connectivity index (χ0) is 20.9. The van der Waals surface area contributed by atoms with Gasteiger partial charge in [-0.25, -0.2) is 4.85 Å². The van der Waals surface area contributed by atoms with Crippen molar-refractivity contribution in [3.05, 3.63) is 39.0 Å². The van der Waals surface area contributed by atoms with Crippen molar-refractivity contribution in [3.63, 3.8) is 0 Å². The molecule has 2 aromatic heterocycles. The van der Waals surface area contributed by atoms with Gasteiger partial charge < -0.3 is 0 Å². The monoisotopic (exact) mass is 441 g/mol. The van der Waals surface area contributed by atoms with E-state index in [0.717, 1.165) is 5.70 Å². The molecule has 2 aromatic rings. The fourth-order valence-corrected chi connectivity index (χ4v) is 14.2. The number of fused-ring (bicyclic) bond motifs is 3. The number of allylic oxidation sites excluding steroid dienone is 1. The fourth-order valence-electron chi connectivity index (χ4n) is 4.80. The fraction of sp³-hybridized carbons (Fsp3) is 0.560. The molecule has 1 aliphatic heterocycles. The molecule has 0 aromatic carbocycles. The Morgan fingerprint density at radius 2 is 1.52 bits per heavy atom. The number of unbranched alkanes of at least 4 members (excludes halogenated alkanes) is 6. The molecule has 0 saturated heterocycles. The SMILES string of the molecule is [C-]#[N+]/C(C)=C\c1cc2c(s1)-c1sc(C)cc1[Si]2(CCCCCC)CCCCCC. The van der Waals surface area contributed by atoms with Crippen LogP contribution < -0.4 is 10.4 Å². The minimum atomic E-state index is -1.68. The average molecular weight is 442 g/mol. The maximum Gasteiger partial charge on any atom is 0.163 e. The molecule has 1 aliphatic rings. The lowest BCUT2D eigenvalue weighted by atomic mass is 10.2. The summed E-state index contributed by atoms with van der Waals surface area (Å²) in [5.41, 5.74) is 0.797. The van der Waals surface area contributed by atoms with Gasteiger partial charge in [0.15, 0.2) is 5.70 Å².